The summed E-state index contributed by atoms with van der Waals surface area (Å²) in [4.78, 5) is 26.3. The molecule has 2 bridgehead atoms. The van der Waals surface area contributed by atoms with Gasteiger partial charge in [-0.05, 0) is 61.1 Å². The first-order valence-electron chi connectivity index (χ1n) is 10.1. The van der Waals surface area contributed by atoms with Gasteiger partial charge in [0.25, 0.3) is 0 Å². The second-order valence-electron chi connectivity index (χ2n) is 8.04. The molecule has 4 N–H and O–H groups in total. The molecule has 28 heavy (non-hydrogen) atoms. The number of amides is 2. The molecule has 5 nitrogen and oxygen atoms in total. The lowest BCUT2D eigenvalue weighted by molar-refractivity contribution is -0.122. The summed E-state index contributed by atoms with van der Waals surface area (Å²) < 4.78 is 0. The second kappa shape index (κ2) is 8.45. The Morgan fingerprint density at radius 2 is 1.68 bits per heavy atom. The van der Waals surface area contributed by atoms with Gasteiger partial charge < -0.3 is 16.4 Å². The van der Waals surface area contributed by atoms with Gasteiger partial charge in [-0.1, -0.05) is 24.6 Å². The Kier molecular flexibility index (Phi) is 5.78. The first-order chi connectivity index (χ1) is 13.6. The van der Waals surface area contributed by atoms with Crippen molar-refractivity contribution in [3.63, 3.8) is 0 Å². The number of carbonyl (C=O) groups excluding carboxylic acids is 2. The van der Waals surface area contributed by atoms with Crippen LogP contribution in [0.1, 0.15) is 37.0 Å². The van der Waals surface area contributed by atoms with Gasteiger partial charge in [0.15, 0.2) is 0 Å². The molecule has 0 radical (unpaired) electrons. The maximum Gasteiger partial charge on any atom is 0.229 e. The number of thiophene rings is 1. The Hall–Kier alpha value is -2.18. The standard InChI is InChI=1S/C22H27N3O2S/c23-21-14-5-3-6-15(21)12-16(11-14)22(27)25-19-9-2-1-8-18(19)24-20(26)13-17-7-4-10-28-17/h1-2,4,7-10,14-16,21H,3,5-6,11-13,23H2,(H,24,26)(H,25,27). The largest absolute Gasteiger partial charge is 0.327 e. The van der Waals surface area contributed by atoms with Crippen molar-refractivity contribution in [1.29, 1.82) is 0 Å². The van der Waals surface area contributed by atoms with Crippen molar-refractivity contribution in [1.82, 2.24) is 0 Å². The predicted molar refractivity (Wildman–Crippen MR) is 113 cm³/mol. The van der Waals surface area contributed by atoms with Gasteiger partial charge >= 0.3 is 0 Å². The van der Waals surface area contributed by atoms with E-state index in [1.807, 2.05) is 41.8 Å². The van der Waals surface area contributed by atoms with Crippen LogP contribution in [0.15, 0.2) is 41.8 Å². The highest BCUT2D eigenvalue weighted by molar-refractivity contribution is 7.10. The zero-order valence-electron chi connectivity index (χ0n) is 15.9. The van der Waals surface area contributed by atoms with E-state index in [9.17, 15) is 9.59 Å². The summed E-state index contributed by atoms with van der Waals surface area (Å²) in [5, 5.41) is 7.95. The van der Waals surface area contributed by atoms with Crippen LogP contribution in [0.3, 0.4) is 0 Å². The third-order valence-electron chi connectivity index (χ3n) is 6.16. The van der Waals surface area contributed by atoms with Gasteiger partial charge in [-0.15, -0.1) is 11.3 Å². The van der Waals surface area contributed by atoms with Crippen LogP contribution in [-0.4, -0.2) is 17.9 Å². The molecule has 2 fully saturated rings. The number of hydrogen-bond acceptors (Lipinski definition) is 4. The minimum absolute atomic E-state index is 0.00461. The molecule has 2 aromatic rings. The van der Waals surface area contributed by atoms with Crippen molar-refractivity contribution >= 4 is 34.5 Å². The SMILES string of the molecule is NC1C2CCCC1CC(C(=O)Nc1ccccc1NC(=O)Cc1cccs1)C2. The fourth-order valence-corrected chi connectivity index (χ4v) is 5.41. The van der Waals surface area contributed by atoms with Gasteiger partial charge in [0.05, 0.1) is 17.8 Å². The highest BCUT2D eigenvalue weighted by Crippen LogP contribution is 2.42. The summed E-state index contributed by atoms with van der Waals surface area (Å²) in [6.07, 6.45) is 5.58. The quantitative estimate of drug-likeness (QED) is 0.712. The van der Waals surface area contributed by atoms with Crippen molar-refractivity contribution < 1.29 is 9.59 Å². The van der Waals surface area contributed by atoms with E-state index in [0.29, 0.717) is 29.6 Å². The van der Waals surface area contributed by atoms with Gasteiger partial charge in [-0.3, -0.25) is 9.59 Å². The predicted octanol–water partition coefficient (Wildman–Crippen LogP) is 4.02. The van der Waals surface area contributed by atoms with Crippen molar-refractivity contribution in [2.45, 2.75) is 44.6 Å². The zero-order chi connectivity index (χ0) is 19.5. The molecule has 148 valence electrons. The Morgan fingerprint density at radius 1 is 1.00 bits per heavy atom. The number of para-hydroxylation sites is 2. The molecule has 0 saturated heterocycles. The van der Waals surface area contributed by atoms with Gasteiger partial charge in [-0.25, -0.2) is 0 Å². The Morgan fingerprint density at radius 3 is 2.32 bits per heavy atom. The summed E-state index contributed by atoms with van der Waals surface area (Å²) in [6, 6.07) is 11.5. The van der Waals surface area contributed by atoms with E-state index in [4.69, 9.17) is 5.73 Å². The fourth-order valence-electron chi connectivity index (χ4n) is 4.70. The third-order valence-corrected chi connectivity index (χ3v) is 7.03. The van der Waals surface area contributed by atoms with Crippen LogP contribution in [0.4, 0.5) is 11.4 Å². The first-order valence-corrected chi connectivity index (χ1v) is 11.0. The molecule has 2 unspecified atom stereocenters. The Labute approximate surface area is 169 Å². The van der Waals surface area contributed by atoms with E-state index in [2.05, 4.69) is 10.6 Å². The van der Waals surface area contributed by atoms with E-state index in [1.165, 1.54) is 6.42 Å². The van der Waals surface area contributed by atoms with E-state index >= 15 is 0 Å². The highest BCUT2D eigenvalue weighted by atomic mass is 32.1. The average molecular weight is 398 g/mol. The molecular weight excluding hydrogens is 370 g/mol. The normalized spacial score (nSPS) is 26.5. The van der Waals surface area contributed by atoms with Gasteiger partial charge in [0, 0.05) is 16.8 Å². The molecular formula is C22H27N3O2S. The van der Waals surface area contributed by atoms with Crippen LogP contribution in [0.25, 0.3) is 0 Å². The molecule has 1 heterocycles. The number of anilines is 2. The molecule has 0 aliphatic heterocycles. The van der Waals surface area contributed by atoms with Crippen LogP contribution in [-0.2, 0) is 16.0 Å². The third kappa shape index (κ3) is 4.28. The van der Waals surface area contributed by atoms with Crippen LogP contribution >= 0.6 is 11.3 Å². The van der Waals surface area contributed by atoms with E-state index in [1.54, 1.807) is 11.3 Å². The average Bonchev–Trinajstić information content (AvgIpc) is 3.16. The zero-order valence-corrected chi connectivity index (χ0v) is 16.7. The molecule has 4 rings (SSSR count). The molecule has 2 amide bonds. The summed E-state index contributed by atoms with van der Waals surface area (Å²) >= 11 is 1.56. The molecule has 2 atom stereocenters. The van der Waals surface area contributed by atoms with Crippen molar-refractivity contribution in [3.05, 3.63) is 46.7 Å². The van der Waals surface area contributed by atoms with E-state index < -0.39 is 0 Å². The van der Waals surface area contributed by atoms with Crippen molar-refractivity contribution in [2.75, 3.05) is 10.6 Å². The Bertz CT molecular complexity index is 822. The minimum Gasteiger partial charge on any atom is -0.327 e. The van der Waals surface area contributed by atoms with Gasteiger partial charge in [0.1, 0.15) is 0 Å². The molecule has 2 saturated carbocycles. The van der Waals surface area contributed by atoms with Crippen LogP contribution in [0.2, 0.25) is 0 Å². The molecule has 1 aromatic carbocycles. The number of fused-ring (bicyclic) bond motifs is 2. The molecule has 1 aromatic heterocycles. The lowest BCUT2D eigenvalue weighted by Gasteiger charge is -2.43. The van der Waals surface area contributed by atoms with E-state index in [-0.39, 0.29) is 23.8 Å². The van der Waals surface area contributed by atoms with E-state index in [0.717, 1.165) is 30.6 Å². The van der Waals surface area contributed by atoms with Crippen molar-refractivity contribution in [2.24, 2.45) is 23.5 Å². The molecule has 0 spiro atoms. The summed E-state index contributed by atoms with van der Waals surface area (Å²) in [6.45, 7) is 0. The molecule has 2 aliphatic rings. The fraction of sp³-hybridized carbons (Fsp3) is 0.455. The van der Waals surface area contributed by atoms with Gasteiger partial charge in [0.2, 0.25) is 11.8 Å². The van der Waals surface area contributed by atoms with Crippen molar-refractivity contribution in [3.8, 4) is 0 Å². The van der Waals surface area contributed by atoms with Crippen LogP contribution in [0, 0.1) is 17.8 Å². The maximum atomic E-state index is 12.9. The Balaban J connectivity index is 1.40. The van der Waals surface area contributed by atoms with Crippen LogP contribution in [0.5, 0.6) is 0 Å². The summed E-state index contributed by atoms with van der Waals surface area (Å²) in [5.74, 6) is 0.893. The number of nitrogens with two attached hydrogens (primary N) is 1. The maximum absolute atomic E-state index is 12.9. The van der Waals surface area contributed by atoms with Crippen LogP contribution < -0.4 is 16.4 Å². The topological polar surface area (TPSA) is 84.2 Å². The molecule has 2 aliphatic carbocycles. The monoisotopic (exact) mass is 397 g/mol. The number of carbonyl (C=O) groups is 2. The summed E-state index contributed by atoms with van der Waals surface area (Å²) in [5.41, 5.74) is 7.66. The highest BCUT2D eigenvalue weighted by Gasteiger charge is 2.40. The number of nitrogens with one attached hydrogen (secondary N) is 2. The second-order valence-corrected chi connectivity index (χ2v) is 9.07. The number of benzene rings is 1. The minimum atomic E-state index is -0.0812. The lowest BCUT2D eigenvalue weighted by Crippen LogP contribution is -2.48. The smallest absolute Gasteiger partial charge is 0.229 e. The summed E-state index contributed by atoms with van der Waals surface area (Å²) in [7, 11) is 0. The first kappa shape index (κ1) is 19.2. The molecule has 6 heteroatoms. The lowest BCUT2D eigenvalue weighted by atomic mass is 9.65. The van der Waals surface area contributed by atoms with Gasteiger partial charge in [-0.2, -0.15) is 0 Å². The number of rotatable bonds is 5. The number of hydrogen-bond donors (Lipinski definition) is 3.